The highest BCUT2D eigenvalue weighted by Gasteiger charge is 2.26. The van der Waals surface area contributed by atoms with Gasteiger partial charge in [0.05, 0.1) is 39.5 Å². The molecule has 10 rings (SSSR count). The molecule has 4 heterocycles. The van der Waals surface area contributed by atoms with Crippen molar-refractivity contribution in [2.45, 2.75) is 6.04 Å². The largest absolute Gasteiger partial charge is 0.372 e. The molecule has 6 aromatic carbocycles. The monoisotopic (exact) mass is 687 g/mol. The fourth-order valence-corrected chi connectivity index (χ4v) is 7.91. The summed E-state index contributed by atoms with van der Waals surface area (Å²) in [6.45, 7) is 1.13. The Morgan fingerprint density at radius 3 is 1.53 bits per heavy atom. The van der Waals surface area contributed by atoms with E-state index in [0.29, 0.717) is 6.54 Å². The Kier molecular flexibility index (Phi) is 7.44. The summed E-state index contributed by atoms with van der Waals surface area (Å²) in [4.78, 5) is 5.33. The molecule has 256 valence electrons. The first-order valence-electron chi connectivity index (χ1n) is 18.1. The van der Waals surface area contributed by atoms with Crippen LogP contribution >= 0.6 is 0 Å². The minimum atomic E-state index is -0.212. The van der Waals surface area contributed by atoms with Gasteiger partial charge in [-0.25, -0.2) is 4.99 Å². The molecule has 2 aliphatic heterocycles. The number of para-hydroxylation sites is 4. The van der Waals surface area contributed by atoms with Gasteiger partial charge in [-0.05, 0) is 60.2 Å². The molecule has 53 heavy (non-hydrogen) atoms. The summed E-state index contributed by atoms with van der Waals surface area (Å²) in [5, 5.41) is 15.7. The zero-order valence-corrected chi connectivity index (χ0v) is 29.0. The molecular weight excluding hydrogens is 651 g/mol. The van der Waals surface area contributed by atoms with Crippen molar-refractivity contribution in [1.82, 2.24) is 25.1 Å². The van der Waals surface area contributed by atoms with Crippen LogP contribution in [0.25, 0.3) is 66.4 Å². The molecule has 0 fully saturated rings. The molecule has 0 spiro atoms. The lowest BCUT2D eigenvalue weighted by Crippen LogP contribution is -2.51. The lowest BCUT2D eigenvalue weighted by atomic mass is 10.0. The van der Waals surface area contributed by atoms with Gasteiger partial charge in [0.15, 0.2) is 0 Å². The van der Waals surface area contributed by atoms with Gasteiger partial charge in [-0.2, -0.15) is 0 Å². The Morgan fingerprint density at radius 1 is 0.604 bits per heavy atom. The highest BCUT2D eigenvalue weighted by atomic mass is 15.2. The number of hydrogen-bond acceptors (Lipinski definition) is 5. The number of dihydropyridines is 1. The molecule has 0 saturated carbocycles. The van der Waals surface area contributed by atoms with Gasteiger partial charge in [0, 0.05) is 51.6 Å². The number of aromatic nitrogens is 2. The van der Waals surface area contributed by atoms with E-state index in [1.54, 1.807) is 0 Å². The molecule has 8 aromatic rings. The fourth-order valence-electron chi connectivity index (χ4n) is 7.91. The van der Waals surface area contributed by atoms with E-state index < -0.39 is 0 Å². The molecule has 1 unspecified atom stereocenters. The van der Waals surface area contributed by atoms with Crippen molar-refractivity contribution >= 4 is 60.8 Å². The number of benzene rings is 6. The van der Waals surface area contributed by atoms with E-state index in [-0.39, 0.29) is 6.04 Å². The number of rotatable bonds is 6. The average Bonchev–Trinajstić information content (AvgIpc) is 3.74. The van der Waals surface area contributed by atoms with E-state index in [1.165, 1.54) is 43.6 Å². The summed E-state index contributed by atoms with van der Waals surface area (Å²) >= 11 is 0. The number of allylic oxidation sites excluding steroid dienone is 2. The zero-order chi connectivity index (χ0) is 35.3. The highest BCUT2D eigenvalue weighted by molar-refractivity contribution is 6.10. The number of nitrogens with zero attached hydrogens (tertiary/aromatic N) is 3. The standard InChI is InChI=1S/C46H37N7/c47-29-38-46(50-43-19-9-10-28-48-43)51-45(31-22-26-33(27-23-31)53-41-17-7-3-13-36(41)37-14-4-8-18-42(37)53)44(49-38)30-20-24-32(25-21-30)52-39-15-5-1-11-34(39)35-12-2-6-16-40(35)52/h1-27,38,48-49H,28-29,47H2,(H,50,51). The number of aliphatic imine (C=N–C) groups is 1. The lowest BCUT2D eigenvalue weighted by Gasteiger charge is -2.30. The van der Waals surface area contributed by atoms with E-state index in [1.807, 2.05) is 12.2 Å². The molecule has 7 nitrogen and oxygen atoms in total. The Bertz CT molecular complexity index is 2710. The van der Waals surface area contributed by atoms with Crippen molar-refractivity contribution in [3.63, 3.8) is 0 Å². The van der Waals surface area contributed by atoms with E-state index in [0.717, 1.165) is 52.1 Å². The van der Waals surface area contributed by atoms with Crippen LogP contribution in [0.15, 0.2) is 175 Å². The lowest BCUT2D eigenvalue weighted by molar-refractivity contribution is 0.712. The SMILES string of the molecule is NCC1NC(c2ccc(-n3c4ccccc4c4ccccc43)cc2)=C(c2ccc(-n3c4ccccc4c4ccccc43)cc2)N=C1NC1=CC=CCN1. The molecular formula is C46H37N7. The predicted octanol–water partition coefficient (Wildman–Crippen LogP) is 8.63. The summed E-state index contributed by atoms with van der Waals surface area (Å²) in [6.07, 6.45) is 6.14. The summed E-state index contributed by atoms with van der Waals surface area (Å²) < 4.78 is 4.68. The van der Waals surface area contributed by atoms with Gasteiger partial charge in [0.1, 0.15) is 11.7 Å². The third-order valence-corrected chi connectivity index (χ3v) is 10.4. The Labute approximate surface area is 307 Å². The first-order chi connectivity index (χ1) is 26.2. The van der Waals surface area contributed by atoms with Crippen LogP contribution < -0.4 is 21.7 Å². The molecule has 0 aliphatic carbocycles. The molecule has 0 saturated heterocycles. The Hall–Kier alpha value is -6.83. The van der Waals surface area contributed by atoms with Crippen LogP contribution in [0.1, 0.15) is 11.1 Å². The highest BCUT2D eigenvalue weighted by Crippen LogP contribution is 2.36. The first kappa shape index (κ1) is 30.9. The van der Waals surface area contributed by atoms with Crippen molar-refractivity contribution in [1.29, 1.82) is 0 Å². The maximum atomic E-state index is 6.42. The van der Waals surface area contributed by atoms with E-state index in [9.17, 15) is 0 Å². The minimum Gasteiger partial charge on any atom is -0.372 e. The quantitative estimate of drug-likeness (QED) is 0.141. The summed E-state index contributed by atoms with van der Waals surface area (Å²) in [6, 6.07) is 51.7. The molecule has 1 atom stereocenters. The molecule has 7 heteroatoms. The van der Waals surface area contributed by atoms with Crippen LogP contribution in [0.4, 0.5) is 0 Å². The maximum Gasteiger partial charge on any atom is 0.132 e. The second-order valence-electron chi connectivity index (χ2n) is 13.5. The van der Waals surface area contributed by atoms with Gasteiger partial charge >= 0.3 is 0 Å². The third kappa shape index (κ3) is 5.21. The number of nitrogens with two attached hydrogens (primary N) is 1. The van der Waals surface area contributed by atoms with Crippen LogP contribution in [-0.4, -0.2) is 34.1 Å². The van der Waals surface area contributed by atoms with Crippen LogP contribution in [-0.2, 0) is 0 Å². The van der Waals surface area contributed by atoms with Crippen molar-refractivity contribution in [2.24, 2.45) is 10.7 Å². The minimum absolute atomic E-state index is 0.212. The number of amidine groups is 1. The number of nitrogens with one attached hydrogen (secondary N) is 3. The Balaban J connectivity index is 1.10. The van der Waals surface area contributed by atoms with Gasteiger partial charge in [0.2, 0.25) is 0 Å². The van der Waals surface area contributed by atoms with Crippen LogP contribution in [0, 0.1) is 0 Å². The molecule has 0 radical (unpaired) electrons. The van der Waals surface area contributed by atoms with Crippen LogP contribution in [0.3, 0.4) is 0 Å². The van der Waals surface area contributed by atoms with Crippen LogP contribution in [0.5, 0.6) is 0 Å². The summed E-state index contributed by atoms with van der Waals surface area (Å²) in [5.41, 5.74) is 17.2. The molecule has 2 aliphatic rings. The Morgan fingerprint density at radius 2 is 1.08 bits per heavy atom. The van der Waals surface area contributed by atoms with Gasteiger partial charge < -0.3 is 30.8 Å². The second-order valence-corrected chi connectivity index (χ2v) is 13.5. The first-order valence-corrected chi connectivity index (χ1v) is 18.1. The van der Waals surface area contributed by atoms with Gasteiger partial charge in [-0.15, -0.1) is 0 Å². The topological polar surface area (TPSA) is 84.3 Å². The average molecular weight is 688 g/mol. The maximum absolute atomic E-state index is 6.42. The van der Waals surface area contributed by atoms with Crippen molar-refractivity contribution < 1.29 is 0 Å². The van der Waals surface area contributed by atoms with Gasteiger partial charge in [0.25, 0.3) is 0 Å². The van der Waals surface area contributed by atoms with E-state index in [4.69, 9.17) is 10.7 Å². The smallest absolute Gasteiger partial charge is 0.132 e. The number of fused-ring (bicyclic) bond motifs is 6. The van der Waals surface area contributed by atoms with Crippen LogP contribution in [0.2, 0.25) is 0 Å². The second kappa shape index (κ2) is 12.7. The molecule has 5 N–H and O–H groups in total. The van der Waals surface area contributed by atoms with Crippen molar-refractivity contribution in [3.05, 3.63) is 181 Å². The molecule has 0 bridgehead atoms. The zero-order valence-electron chi connectivity index (χ0n) is 29.0. The summed E-state index contributed by atoms with van der Waals surface area (Å²) in [7, 11) is 0. The third-order valence-electron chi connectivity index (χ3n) is 10.4. The van der Waals surface area contributed by atoms with Crippen molar-refractivity contribution in [2.75, 3.05) is 13.1 Å². The normalized spacial score (nSPS) is 15.8. The van der Waals surface area contributed by atoms with E-state index in [2.05, 4.69) is 177 Å². The van der Waals surface area contributed by atoms with E-state index >= 15 is 0 Å². The number of hydrogen-bond donors (Lipinski definition) is 4. The summed E-state index contributed by atoms with van der Waals surface area (Å²) in [5.74, 6) is 1.67. The molecule has 0 amide bonds. The predicted molar refractivity (Wildman–Crippen MR) is 220 cm³/mol. The van der Waals surface area contributed by atoms with Crippen molar-refractivity contribution in [3.8, 4) is 11.4 Å². The van der Waals surface area contributed by atoms with Gasteiger partial charge in [-0.1, -0.05) is 109 Å². The molecule has 2 aromatic heterocycles. The fraction of sp³-hybridized carbons (Fsp3) is 0.0652. The van der Waals surface area contributed by atoms with Gasteiger partial charge in [-0.3, -0.25) is 0 Å².